The van der Waals surface area contributed by atoms with Crippen LogP contribution >= 0.6 is 0 Å². The second-order valence-corrected chi connectivity index (χ2v) is 6.34. The summed E-state index contributed by atoms with van der Waals surface area (Å²) in [5.74, 6) is 0.318. The van der Waals surface area contributed by atoms with Crippen molar-refractivity contribution >= 4 is 11.3 Å². The highest BCUT2D eigenvalue weighted by Gasteiger charge is 2.21. The van der Waals surface area contributed by atoms with Crippen LogP contribution in [-0.4, -0.2) is 36.1 Å². The summed E-state index contributed by atoms with van der Waals surface area (Å²) >= 11 is 0. The fourth-order valence-electron chi connectivity index (χ4n) is 3.07. The molecule has 122 valence electrons. The van der Waals surface area contributed by atoms with Gasteiger partial charge in [-0.1, -0.05) is 13.8 Å². The third-order valence-electron chi connectivity index (χ3n) is 4.33. The summed E-state index contributed by atoms with van der Waals surface area (Å²) in [6, 6.07) is 6.09. The van der Waals surface area contributed by atoms with Gasteiger partial charge in [-0.3, -0.25) is 4.68 Å². The number of aromatic nitrogens is 6. The molecule has 0 spiro atoms. The summed E-state index contributed by atoms with van der Waals surface area (Å²) in [6.45, 7) is 6.66. The second kappa shape index (κ2) is 5.60. The minimum atomic E-state index is 0.318. The van der Waals surface area contributed by atoms with Crippen molar-refractivity contribution in [2.75, 3.05) is 11.4 Å². The zero-order valence-corrected chi connectivity index (χ0v) is 13.7. The van der Waals surface area contributed by atoms with Gasteiger partial charge in [-0.05, 0) is 24.5 Å². The highest BCUT2D eigenvalue weighted by molar-refractivity contribution is 5.68. The van der Waals surface area contributed by atoms with E-state index in [4.69, 9.17) is 5.26 Å². The molecule has 4 rings (SSSR count). The summed E-state index contributed by atoms with van der Waals surface area (Å²) in [7, 11) is 0. The molecule has 0 N–H and O–H groups in total. The lowest BCUT2D eigenvalue weighted by atomic mass is 10.1. The van der Waals surface area contributed by atoms with E-state index >= 15 is 0 Å². The molecular formula is C16H18N8. The van der Waals surface area contributed by atoms with Crippen LogP contribution < -0.4 is 4.90 Å². The molecule has 0 aliphatic carbocycles. The Kier molecular flexibility index (Phi) is 3.41. The van der Waals surface area contributed by atoms with E-state index in [1.807, 2.05) is 10.7 Å². The van der Waals surface area contributed by atoms with Crippen molar-refractivity contribution in [3.05, 3.63) is 35.5 Å². The molecule has 8 nitrogen and oxygen atoms in total. The average molecular weight is 322 g/mol. The Balaban J connectivity index is 1.79. The van der Waals surface area contributed by atoms with E-state index in [0.29, 0.717) is 18.2 Å². The molecule has 3 aromatic rings. The summed E-state index contributed by atoms with van der Waals surface area (Å²) in [6.07, 6.45) is 2.60. The fraction of sp³-hybridized carbons (Fsp3) is 0.438. The molecule has 0 amide bonds. The lowest BCUT2D eigenvalue weighted by molar-refractivity contribution is 0.590. The van der Waals surface area contributed by atoms with E-state index < -0.39 is 0 Å². The van der Waals surface area contributed by atoms with Gasteiger partial charge < -0.3 is 4.90 Å². The minimum Gasteiger partial charge on any atom is -0.362 e. The average Bonchev–Trinajstić information content (AvgIpc) is 3.15. The zero-order valence-electron chi connectivity index (χ0n) is 13.7. The van der Waals surface area contributed by atoms with Crippen molar-refractivity contribution in [1.29, 1.82) is 5.26 Å². The first-order valence-electron chi connectivity index (χ1n) is 8.08. The molecule has 8 heteroatoms. The van der Waals surface area contributed by atoms with Gasteiger partial charge in [0.15, 0.2) is 5.69 Å². The molecule has 0 saturated carbocycles. The first-order chi connectivity index (χ1) is 11.7. The van der Waals surface area contributed by atoms with Crippen molar-refractivity contribution in [3.8, 4) is 6.07 Å². The van der Waals surface area contributed by atoms with Gasteiger partial charge in [0.1, 0.15) is 12.4 Å². The molecule has 0 unspecified atom stereocenters. The largest absolute Gasteiger partial charge is 0.362 e. The lowest BCUT2D eigenvalue weighted by Gasteiger charge is -2.23. The number of nitriles is 1. The van der Waals surface area contributed by atoms with E-state index in [9.17, 15) is 0 Å². The maximum Gasteiger partial charge on any atom is 0.200 e. The molecule has 0 bridgehead atoms. The number of hydrogen-bond acceptors (Lipinski definition) is 6. The first kappa shape index (κ1) is 14.6. The summed E-state index contributed by atoms with van der Waals surface area (Å²) in [5.41, 5.74) is 4.31. The quantitative estimate of drug-likeness (QED) is 0.714. The lowest BCUT2D eigenvalue weighted by Crippen LogP contribution is -2.24. The van der Waals surface area contributed by atoms with Gasteiger partial charge in [0.2, 0.25) is 5.65 Å². The van der Waals surface area contributed by atoms with E-state index in [2.05, 4.69) is 51.3 Å². The molecule has 0 saturated heterocycles. The molecule has 24 heavy (non-hydrogen) atoms. The standard InChI is InChI=1S/C16H18N8/c1-11(2)14-7-15(16-19-18-10-24(16)21-14)22-4-3-5-23-13(9-22)6-12(8-17)20-23/h6-7,10-11H,3-5,9H2,1-2H3. The number of hydrogen-bond donors (Lipinski definition) is 0. The molecule has 0 radical (unpaired) electrons. The Morgan fingerprint density at radius 3 is 2.88 bits per heavy atom. The van der Waals surface area contributed by atoms with Gasteiger partial charge in [0.25, 0.3) is 0 Å². The van der Waals surface area contributed by atoms with Crippen molar-refractivity contribution < 1.29 is 0 Å². The number of fused-ring (bicyclic) bond motifs is 2. The topological polar surface area (TPSA) is 87.9 Å². The molecule has 0 aromatic carbocycles. The predicted octanol–water partition coefficient (Wildman–Crippen LogP) is 1.73. The number of aryl methyl sites for hydroxylation is 1. The Labute approximate surface area is 139 Å². The maximum absolute atomic E-state index is 9.08. The summed E-state index contributed by atoms with van der Waals surface area (Å²) in [5, 5.41) is 26.2. The van der Waals surface area contributed by atoms with Gasteiger partial charge in [-0.25, -0.2) is 0 Å². The molecule has 1 aliphatic rings. The summed E-state index contributed by atoms with van der Waals surface area (Å²) < 4.78 is 3.68. The minimum absolute atomic E-state index is 0.318. The Hall–Kier alpha value is -2.95. The van der Waals surface area contributed by atoms with Crippen LogP contribution in [0, 0.1) is 11.3 Å². The molecular weight excluding hydrogens is 304 g/mol. The highest BCUT2D eigenvalue weighted by atomic mass is 15.4. The predicted molar refractivity (Wildman–Crippen MR) is 87.5 cm³/mol. The van der Waals surface area contributed by atoms with Gasteiger partial charge in [0, 0.05) is 13.1 Å². The van der Waals surface area contributed by atoms with Gasteiger partial charge in [-0.2, -0.15) is 20.0 Å². The van der Waals surface area contributed by atoms with Crippen LogP contribution in [0.25, 0.3) is 5.65 Å². The molecule has 1 aliphatic heterocycles. The van der Waals surface area contributed by atoms with Crippen molar-refractivity contribution in [2.24, 2.45) is 0 Å². The van der Waals surface area contributed by atoms with Crippen molar-refractivity contribution in [1.82, 2.24) is 29.6 Å². The smallest absolute Gasteiger partial charge is 0.200 e. The van der Waals surface area contributed by atoms with Crippen LogP contribution in [0.2, 0.25) is 0 Å². The van der Waals surface area contributed by atoms with Crippen LogP contribution in [0.5, 0.6) is 0 Å². The van der Waals surface area contributed by atoms with Crippen LogP contribution in [-0.2, 0) is 13.1 Å². The van der Waals surface area contributed by atoms with E-state index in [1.54, 1.807) is 10.8 Å². The maximum atomic E-state index is 9.08. The molecule has 3 aromatic heterocycles. The highest BCUT2D eigenvalue weighted by Crippen LogP contribution is 2.27. The second-order valence-electron chi connectivity index (χ2n) is 6.34. The number of nitrogens with zero attached hydrogens (tertiary/aromatic N) is 8. The van der Waals surface area contributed by atoms with Gasteiger partial charge >= 0.3 is 0 Å². The molecule has 0 atom stereocenters. The third-order valence-corrected chi connectivity index (χ3v) is 4.33. The Morgan fingerprint density at radius 2 is 2.08 bits per heavy atom. The normalized spacial score (nSPS) is 14.7. The Bertz CT molecular complexity index is 929. The van der Waals surface area contributed by atoms with Gasteiger partial charge in [-0.15, -0.1) is 10.2 Å². The van der Waals surface area contributed by atoms with Crippen molar-refractivity contribution in [3.63, 3.8) is 0 Å². The van der Waals surface area contributed by atoms with Crippen LogP contribution in [0.3, 0.4) is 0 Å². The molecule has 4 heterocycles. The van der Waals surface area contributed by atoms with Crippen LogP contribution in [0.15, 0.2) is 18.5 Å². The van der Waals surface area contributed by atoms with Gasteiger partial charge in [0.05, 0.1) is 23.6 Å². The molecule has 0 fully saturated rings. The third kappa shape index (κ3) is 2.38. The first-order valence-corrected chi connectivity index (χ1v) is 8.08. The zero-order chi connectivity index (χ0) is 16.7. The summed E-state index contributed by atoms with van der Waals surface area (Å²) in [4.78, 5) is 2.28. The van der Waals surface area contributed by atoms with Crippen molar-refractivity contribution in [2.45, 2.75) is 39.3 Å². The van der Waals surface area contributed by atoms with E-state index in [-0.39, 0.29) is 0 Å². The monoisotopic (exact) mass is 322 g/mol. The van der Waals surface area contributed by atoms with E-state index in [1.165, 1.54) is 0 Å². The number of anilines is 1. The van der Waals surface area contributed by atoms with Crippen LogP contribution in [0.4, 0.5) is 5.69 Å². The van der Waals surface area contributed by atoms with Crippen LogP contribution in [0.1, 0.15) is 43.3 Å². The fourth-order valence-corrected chi connectivity index (χ4v) is 3.07. The number of rotatable bonds is 2. The Morgan fingerprint density at radius 1 is 1.21 bits per heavy atom. The van der Waals surface area contributed by atoms with E-state index in [0.717, 1.165) is 42.2 Å². The SMILES string of the molecule is CC(C)c1cc(N2CCCn3nc(C#N)cc3C2)c2nncn2n1.